The molecule has 1 aromatic heterocycles. The summed E-state index contributed by atoms with van der Waals surface area (Å²) in [5.41, 5.74) is 2.78. The number of imidazole rings is 1. The third kappa shape index (κ3) is 3.76. The Labute approximate surface area is 188 Å². The van der Waals surface area contributed by atoms with Crippen LogP contribution in [0.3, 0.4) is 0 Å². The van der Waals surface area contributed by atoms with Crippen molar-refractivity contribution in [1.82, 2.24) is 14.9 Å². The van der Waals surface area contributed by atoms with E-state index >= 15 is 0 Å². The van der Waals surface area contributed by atoms with Crippen LogP contribution in [0.1, 0.15) is 48.5 Å². The van der Waals surface area contributed by atoms with Crippen molar-refractivity contribution in [3.05, 3.63) is 48.0 Å². The van der Waals surface area contributed by atoms with Crippen LogP contribution < -0.4 is 19.7 Å². The van der Waals surface area contributed by atoms with E-state index in [1.54, 1.807) is 32.4 Å². The highest BCUT2D eigenvalue weighted by Gasteiger charge is 2.31. The van der Waals surface area contributed by atoms with Crippen molar-refractivity contribution in [2.75, 3.05) is 32.2 Å². The molecule has 1 saturated heterocycles. The number of nitrogens with one attached hydrogen (secondary N) is 1. The minimum atomic E-state index is -0.124. The number of amides is 1. The number of para-hydroxylation sites is 2. The quantitative estimate of drug-likeness (QED) is 0.630. The summed E-state index contributed by atoms with van der Waals surface area (Å²) in [6, 6.07) is 14.2. The van der Waals surface area contributed by atoms with Gasteiger partial charge in [0.05, 0.1) is 30.8 Å². The Morgan fingerprint density at radius 2 is 1.88 bits per heavy atom. The highest BCUT2D eigenvalue weighted by atomic mass is 16.5. The van der Waals surface area contributed by atoms with Gasteiger partial charge < -0.3 is 24.3 Å². The average Bonchev–Trinajstić information content (AvgIpc) is 3.57. The van der Waals surface area contributed by atoms with Crippen molar-refractivity contribution in [3.63, 3.8) is 0 Å². The van der Waals surface area contributed by atoms with E-state index in [2.05, 4.69) is 33.0 Å². The summed E-state index contributed by atoms with van der Waals surface area (Å²) in [4.78, 5) is 20.3. The van der Waals surface area contributed by atoms with E-state index < -0.39 is 0 Å². The minimum Gasteiger partial charge on any atom is -0.497 e. The minimum absolute atomic E-state index is 0.0612. The molecule has 0 bridgehead atoms. The Kier molecular flexibility index (Phi) is 5.64. The summed E-state index contributed by atoms with van der Waals surface area (Å²) in [5, 5.41) is 3.19. The average molecular weight is 435 g/mol. The molecule has 1 unspecified atom stereocenters. The highest BCUT2D eigenvalue weighted by Crippen LogP contribution is 2.37. The van der Waals surface area contributed by atoms with Crippen LogP contribution >= 0.6 is 0 Å². The van der Waals surface area contributed by atoms with Gasteiger partial charge in [-0.25, -0.2) is 4.98 Å². The summed E-state index contributed by atoms with van der Waals surface area (Å²) in [5.74, 6) is 2.09. The van der Waals surface area contributed by atoms with Gasteiger partial charge in [-0.3, -0.25) is 4.79 Å². The first-order valence-electron chi connectivity index (χ1n) is 11.4. The molecule has 168 valence electrons. The van der Waals surface area contributed by atoms with Gasteiger partial charge in [0.1, 0.15) is 11.5 Å². The molecule has 7 heteroatoms. The topological polar surface area (TPSA) is 68.6 Å². The molecular weight excluding hydrogens is 404 g/mol. The maximum atomic E-state index is 13.0. The molecule has 2 heterocycles. The molecule has 1 aliphatic heterocycles. The lowest BCUT2D eigenvalue weighted by atomic mass is 10.1. The van der Waals surface area contributed by atoms with E-state index in [0.717, 1.165) is 31.0 Å². The SMILES string of the molecule is COc1ccc(C(=O)NC2CCN(c3nc4ccccc4n3C3CCCC3)C2)c(OC)c1. The highest BCUT2D eigenvalue weighted by molar-refractivity contribution is 5.97. The molecule has 0 spiro atoms. The molecule has 1 aliphatic carbocycles. The van der Waals surface area contributed by atoms with E-state index in [1.165, 1.54) is 31.2 Å². The second kappa shape index (κ2) is 8.73. The zero-order valence-corrected chi connectivity index (χ0v) is 18.7. The number of anilines is 1. The first kappa shape index (κ1) is 20.7. The lowest BCUT2D eigenvalue weighted by Crippen LogP contribution is -2.37. The smallest absolute Gasteiger partial charge is 0.255 e. The van der Waals surface area contributed by atoms with Crippen molar-refractivity contribution in [2.45, 2.75) is 44.2 Å². The van der Waals surface area contributed by atoms with E-state index in [9.17, 15) is 4.79 Å². The van der Waals surface area contributed by atoms with Crippen molar-refractivity contribution < 1.29 is 14.3 Å². The van der Waals surface area contributed by atoms with Crippen LogP contribution in [0.5, 0.6) is 11.5 Å². The third-order valence-electron chi connectivity index (χ3n) is 6.73. The number of hydrogen-bond acceptors (Lipinski definition) is 5. The van der Waals surface area contributed by atoms with Crippen LogP contribution in [0, 0.1) is 0 Å². The van der Waals surface area contributed by atoms with Crippen LogP contribution in [0.25, 0.3) is 11.0 Å². The van der Waals surface area contributed by atoms with Gasteiger partial charge in [0.15, 0.2) is 0 Å². The second-order valence-corrected chi connectivity index (χ2v) is 8.68. The maximum Gasteiger partial charge on any atom is 0.255 e. The molecule has 2 fully saturated rings. The van der Waals surface area contributed by atoms with Gasteiger partial charge in [0.2, 0.25) is 5.95 Å². The summed E-state index contributed by atoms with van der Waals surface area (Å²) in [6.07, 6.45) is 5.85. The first-order chi connectivity index (χ1) is 15.7. The molecular formula is C25H30N4O3. The molecule has 1 saturated carbocycles. The van der Waals surface area contributed by atoms with Gasteiger partial charge in [-0.1, -0.05) is 25.0 Å². The van der Waals surface area contributed by atoms with Gasteiger partial charge in [-0.2, -0.15) is 0 Å². The monoisotopic (exact) mass is 434 g/mol. The van der Waals surface area contributed by atoms with Gasteiger partial charge in [-0.05, 0) is 43.5 Å². The predicted octanol–water partition coefficient (Wildman–Crippen LogP) is 4.18. The molecule has 1 amide bonds. The number of carbonyl (C=O) groups excluding carboxylic acids is 1. The molecule has 5 rings (SSSR count). The number of aromatic nitrogens is 2. The van der Waals surface area contributed by atoms with Gasteiger partial charge in [0, 0.05) is 31.2 Å². The zero-order chi connectivity index (χ0) is 22.1. The van der Waals surface area contributed by atoms with E-state index in [0.29, 0.717) is 23.1 Å². The fourth-order valence-electron chi connectivity index (χ4n) is 5.09. The summed E-state index contributed by atoms with van der Waals surface area (Å²) >= 11 is 0. The predicted molar refractivity (Wildman–Crippen MR) is 125 cm³/mol. The molecule has 1 N–H and O–H groups in total. The Hall–Kier alpha value is -3.22. The first-order valence-corrected chi connectivity index (χ1v) is 11.4. The van der Waals surface area contributed by atoms with Crippen LogP contribution in [0.4, 0.5) is 5.95 Å². The van der Waals surface area contributed by atoms with Crippen molar-refractivity contribution >= 4 is 22.9 Å². The number of nitrogens with zero attached hydrogens (tertiary/aromatic N) is 3. The Morgan fingerprint density at radius 1 is 1.06 bits per heavy atom. The molecule has 32 heavy (non-hydrogen) atoms. The molecule has 0 radical (unpaired) electrons. The Morgan fingerprint density at radius 3 is 2.66 bits per heavy atom. The van der Waals surface area contributed by atoms with Crippen LogP contribution in [-0.2, 0) is 0 Å². The molecule has 7 nitrogen and oxygen atoms in total. The zero-order valence-electron chi connectivity index (χ0n) is 18.7. The van der Waals surface area contributed by atoms with Gasteiger partial charge >= 0.3 is 0 Å². The molecule has 3 aromatic rings. The second-order valence-electron chi connectivity index (χ2n) is 8.68. The summed E-state index contributed by atoms with van der Waals surface area (Å²) in [7, 11) is 3.16. The standard InChI is InChI=1S/C25H30N4O3/c1-31-19-11-12-20(23(15-19)32-2)24(30)26-17-13-14-28(16-17)25-27-21-9-5-6-10-22(21)29(25)18-7-3-4-8-18/h5-6,9-12,15,17-18H,3-4,7-8,13-14,16H2,1-2H3,(H,26,30). The largest absolute Gasteiger partial charge is 0.497 e. The molecule has 2 aliphatic rings. The Bertz CT molecular complexity index is 1120. The number of benzene rings is 2. The fraction of sp³-hybridized carbons (Fsp3) is 0.440. The van der Waals surface area contributed by atoms with Crippen LogP contribution in [0.15, 0.2) is 42.5 Å². The third-order valence-corrected chi connectivity index (χ3v) is 6.73. The van der Waals surface area contributed by atoms with Gasteiger partial charge in [0.25, 0.3) is 5.91 Å². The van der Waals surface area contributed by atoms with Crippen LogP contribution in [0.2, 0.25) is 0 Å². The molecule has 1 atom stereocenters. The van der Waals surface area contributed by atoms with E-state index in [4.69, 9.17) is 14.5 Å². The lowest BCUT2D eigenvalue weighted by Gasteiger charge is -2.23. The number of carbonyl (C=O) groups is 1. The number of rotatable bonds is 6. The van der Waals surface area contributed by atoms with Crippen molar-refractivity contribution in [2.24, 2.45) is 0 Å². The summed E-state index contributed by atoms with van der Waals surface area (Å²) in [6.45, 7) is 1.63. The van der Waals surface area contributed by atoms with Gasteiger partial charge in [-0.15, -0.1) is 0 Å². The fourth-order valence-corrected chi connectivity index (χ4v) is 5.09. The number of methoxy groups -OCH3 is 2. The number of fused-ring (bicyclic) bond motifs is 1. The van der Waals surface area contributed by atoms with Crippen molar-refractivity contribution in [1.29, 1.82) is 0 Å². The maximum absolute atomic E-state index is 13.0. The summed E-state index contributed by atoms with van der Waals surface area (Å²) < 4.78 is 13.1. The Balaban J connectivity index is 1.35. The molecule has 2 aromatic carbocycles. The van der Waals surface area contributed by atoms with Crippen molar-refractivity contribution in [3.8, 4) is 11.5 Å². The van der Waals surface area contributed by atoms with E-state index in [-0.39, 0.29) is 11.9 Å². The lowest BCUT2D eigenvalue weighted by molar-refractivity contribution is 0.0937. The van der Waals surface area contributed by atoms with E-state index in [1.807, 2.05) is 6.07 Å². The number of hydrogen-bond donors (Lipinski definition) is 1. The van der Waals surface area contributed by atoms with Crippen LogP contribution in [-0.4, -0.2) is 48.8 Å². The number of ether oxygens (including phenoxy) is 2. The normalized spacial score (nSPS) is 18.9.